The van der Waals surface area contributed by atoms with E-state index in [0.717, 1.165) is 25.1 Å². The molecule has 5 nitrogen and oxygen atoms in total. The van der Waals surface area contributed by atoms with Gasteiger partial charge in [-0.3, -0.25) is 5.32 Å². The van der Waals surface area contributed by atoms with Gasteiger partial charge in [0.2, 0.25) is 5.60 Å². The Bertz CT molecular complexity index is 1150. The maximum Gasteiger partial charge on any atom is 0.425 e. The minimum atomic E-state index is -5.01. The molecule has 1 heterocycles. The van der Waals surface area contributed by atoms with Gasteiger partial charge in [0.15, 0.2) is 0 Å². The smallest absolute Gasteiger partial charge is 0.372 e. The quantitative estimate of drug-likeness (QED) is 0.441. The fourth-order valence-electron chi connectivity index (χ4n) is 3.80. The second-order valence-corrected chi connectivity index (χ2v) is 7.69. The second kappa shape index (κ2) is 7.07. The highest BCUT2D eigenvalue weighted by Crippen LogP contribution is 2.47. The van der Waals surface area contributed by atoms with Gasteiger partial charge in [0.05, 0.1) is 11.5 Å². The van der Waals surface area contributed by atoms with Crippen LogP contribution in [0, 0.1) is 11.3 Å². The minimum Gasteiger partial charge on any atom is -0.372 e. The van der Waals surface area contributed by atoms with E-state index in [1.807, 2.05) is 0 Å². The number of hydrogen-bond acceptors (Lipinski definition) is 3. The lowest BCUT2D eigenvalue weighted by Gasteiger charge is -2.31. The van der Waals surface area contributed by atoms with Crippen LogP contribution in [0.3, 0.4) is 0 Å². The van der Waals surface area contributed by atoms with Crippen molar-refractivity contribution in [3.05, 3.63) is 65.4 Å². The molecule has 2 aromatic carbocycles. The molecule has 1 unspecified atom stereocenters. The number of carbonyl (C=O) groups is 1. The molecule has 1 amide bonds. The summed E-state index contributed by atoms with van der Waals surface area (Å²) in [6, 6.07) is 10.2. The maximum absolute atomic E-state index is 14.3. The van der Waals surface area contributed by atoms with Gasteiger partial charge in [-0.15, -0.1) is 0 Å². The van der Waals surface area contributed by atoms with Crippen LogP contribution in [0.15, 0.2) is 48.7 Å². The number of aromatic nitrogens is 1. The van der Waals surface area contributed by atoms with Crippen molar-refractivity contribution in [3.8, 4) is 0 Å². The van der Waals surface area contributed by atoms with Gasteiger partial charge in [0.1, 0.15) is 5.69 Å². The summed E-state index contributed by atoms with van der Waals surface area (Å²) in [6.07, 6.45) is -1.22. The van der Waals surface area contributed by atoms with Crippen LogP contribution in [0.1, 0.15) is 29.5 Å². The molecule has 0 bridgehead atoms. The lowest BCUT2D eigenvalue weighted by molar-refractivity contribution is -0.485. The summed E-state index contributed by atoms with van der Waals surface area (Å²) in [6.45, 7) is 0. The molecule has 0 radical (unpaired) electrons. The third-order valence-corrected chi connectivity index (χ3v) is 5.63. The number of nitrogens with two attached hydrogens (primary N) is 1. The summed E-state index contributed by atoms with van der Waals surface area (Å²) in [5, 5.41) is 20.4. The van der Waals surface area contributed by atoms with Crippen molar-refractivity contribution in [1.29, 1.82) is 5.41 Å². The van der Waals surface area contributed by atoms with Crippen LogP contribution in [-0.2, 0) is 17.4 Å². The van der Waals surface area contributed by atoms with E-state index in [-0.39, 0.29) is 28.3 Å². The number of alkyl halides is 3. The van der Waals surface area contributed by atoms with Crippen LogP contribution >= 0.6 is 0 Å². The monoisotopic (exact) mass is 416 g/mol. The lowest BCUT2D eigenvalue weighted by atomic mass is 9.84. The first kappa shape index (κ1) is 20.3. The number of rotatable bonds is 5. The molecule has 1 fully saturated rings. The highest BCUT2D eigenvalue weighted by Gasteiger charge is 2.57. The van der Waals surface area contributed by atoms with Crippen molar-refractivity contribution < 1.29 is 28.4 Å². The fraction of sp³-hybridized carbons (Fsp3) is 0.273. The van der Waals surface area contributed by atoms with Gasteiger partial charge in [-0.1, -0.05) is 18.2 Å². The summed E-state index contributed by atoms with van der Waals surface area (Å²) >= 11 is 0. The summed E-state index contributed by atoms with van der Waals surface area (Å²) < 4.78 is 44.4. The molecule has 0 aliphatic heterocycles. The topological polar surface area (TPSA) is 82.7 Å². The highest BCUT2D eigenvalue weighted by atomic mass is 19.4. The van der Waals surface area contributed by atoms with Gasteiger partial charge in [-0.2, -0.15) is 13.2 Å². The molecule has 4 rings (SSSR count). The molecule has 4 N–H and O–H groups in total. The molecule has 1 aromatic heterocycles. The predicted molar refractivity (Wildman–Crippen MR) is 106 cm³/mol. The van der Waals surface area contributed by atoms with Crippen LogP contribution in [0.2, 0.25) is 0 Å². The van der Waals surface area contributed by atoms with E-state index in [9.17, 15) is 23.1 Å². The Morgan fingerprint density at radius 2 is 1.93 bits per heavy atom. The molecule has 0 saturated heterocycles. The number of para-hydroxylation sites is 1. The average molecular weight is 416 g/mol. The number of nitrogens with zero attached hydrogens (tertiary/aromatic N) is 1. The zero-order valence-electron chi connectivity index (χ0n) is 16.2. The molecule has 1 aliphatic carbocycles. The number of benzene rings is 2. The number of aryl methyl sites for hydroxylation is 1. The van der Waals surface area contributed by atoms with Crippen molar-refractivity contribution >= 4 is 28.7 Å². The van der Waals surface area contributed by atoms with E-state index in [1.54, 1.807) is 25.2 Å². The van der Waals surface area contributed by atoms with Crippen LogP contribution in [-0.4, -0.2) is 28.0 Å². The van der Waals surface area contributed by atoms with Gasteiger partial charge in [-0.25, -0.2) is 4.79 Å². The minimum absolute atomic E-state index is 0.0361. The van der Waals surface area contributed by atoms with E-state index in [1.165, 1.54) is 34.3 Å². The molecule has 156 valence electrons. The van der Waals surface area contributed by atoms with Gasteiger partial charge in [0.25, 0.3) is 0 Å². The third kappa shape index (κ3) is 3.22. The molecule has 3 aromatic rings. The molecule has 30 heavy (non-hydrogen) atoms. The number of halogens is 3. The van der Waals surface area contributed by atoms with Gasteiger partial charge in [0, 0.05) is 42.0 Å². The number of aliphatic hydroxyl groups is 1. The zero-order valence-corrected chi connectivity index (χ0v) is 16.2. The molecular weight excluding hydrogens is 395 g/mol. The lowest BCUT2D eigenvalue weighted by Crippen LogP contribution is -2.83. The Labute approximate surface area is 170 Å². The number of primary amides is 1. The first-order chi connectivity index (χ1) is 14.2. The molecular formula is C22H21F3N3O2+. The average Bonchev–Trinajstić information content (AvgIpc) is 3.51. The van der Waals surface area contributed by atoms with Crippen LogP contribution in [0.25, 0.3) is 10.9 Å². The largest absolute Gasteiger partial charge is 0.425 e. The van der Waals surface area contributed by atoms with Crippen molar-refractivity contribution in [2.75, 3.05) is 0 Å². The van der Waals surface area contributed by atoms with Crippen LogP contribution in [0.4, 0.5) is 18.9 Å². The normalized spacial score (nSPS) is 16.4. The van der Waals surface area contributed by atoms with Crippen molar-refractivity contribution in [2.45, 2.75) is 24.6 Å². The fourth-order valence-corrected chi connectivity index (χ4v) is 3.80. The Hall–Kier alpha value is -2.97. The van der Waals surface area contributed by atoms with E-state index < -0.39 is 17.3 Å². The van der Waals surface area contributed by atoms with Crippen molar-refractivity contribution in [3.63, 3.8) is 0 Å². The van der Waals surface area contributed by atoms with Crippen molar-refractivity contribution in [1.82, 2.24) is 4.57 Å². The second-order valence-electron chi connectivity index (χ2n) is 7.69. The van der Waals surface area contributed by atoms with Gasteiger partial charge >= 0.3 is 12.1 Å². The Kier molecular flexibility index (Phi) is 4.79. The Morgan fingerprint density at radius 3 is 2.57 bits per heavy atom. The molecule has 1 saturated carbocycles. The first-order valence-corrected chi connectivity index (χ1v) is 9.54. The van der Waals surface area contributed by atoms with Gasteiger partial charge in [-0.05, 0) is 36.6 Å². The van der Waals surface area contributed by atoms with E-state index in [4.69, 9.17) is 5.41 Å². The maximum atomic E-state index is 14.3. The highest BCUT2D eigenvalue weighted by molar-refractivity contribution is 5.87. The molecule has 1 aliphatic rings. The third-order valence-electron chi connectivity index (χ3n) is 5.63. The zero-order chi connectivity index (χ0) is 21.7. The van der Waals surface area contributed by atoms with E-state index in [2.05, 4.69) is 0 Å². The summed E-state index contributed by atoms with van der Waals surface area (Å²) in [5.41, 5.74) is -2.89. The van der Waals surface area contributed by atoms with Gasteiger partial charge < -0.3 is 15.1 Å². The predicted octanol–water partition coefficient (Wildman–Crippen LogP) is 3.11. The number of quaternary nitrogens is 1. The molecule has 1 atom stereocenters. The van der Waals surface area contributed by atoms with E-state index >= 15 is 0 Å². The number of nitrogens with one attached hydrogen (secondary N) is 1. The van der Waals surface area contributed by atoms with Crippen molar-refractivity contribution in [2.24, 2.45) is 13.0 Å². The summed E-state index contributed by atoms with van der Waals surface area (Å²) in [7, 11) is 1.62. The standard InChI is InChI=1S/C22H20F3N3O2/c1-28-12-17(16-4-2-3-5-19(16)28)21(30,22(23,24)25)15-8-9-18(14(10-15)11-26)27-20(29)13-6-7-13/h2-5,8-13,26,30H,6-7H2,1H3,(H,27,29)/p+1. The SMILES string of the molecule is Cn1cc(C(O)(c2ccc([NH2+]C(=O)C3CC3)c(C=N)c2)C(F)(F)F)c2ccccc21. The Morgan fingerprint density at radius 1 is 1.23 bits per heavy atom. The first-order valence-electron chi connectivity index (χ1n) is 9.54. The van der Waals surface area contributed by atoms with E-state index in [0.29, 0.717) is 11.2 Å². The number of carbonyl (C=O) groups excluding carboxylic acids is 1. The summed E-state index contributed by atoms with van der Waals surface area (Å²) in [5.74, 6) is -0.128. The molecule has 0 spiro atoms. The number of hydrogen-bond donors (Lipinski definition) is 3. The Balaban J connectivity index is 1.86. The van der Waals surface area contributed by atoms with Crippen LogP contribution < -0.4 is 5.32 Å². The number of fused-ring (bicyclic) bond motifs is 1. The van der Waals surface area contributed by atoms with Crippen LogP contribution in [0.5, 0.6) is 0 Å². The number of amides is 1. The molecule has 8 heteroatoms. The summed E-state index contributed by atoms with van der Waals surface area (Å²) in [4.78, 5) is 12.1.